The topological polar surface area (TPSA) is 55.6 Å². The van der Waals surface area contributed by atoms with Crippen LogP contribution in [-0.4, -0.2) is 19.0 Å². The van der Waals surface area contributed by atoms with Crippen LogP contribution in [0.5, 0.6) is 5.75 Å². The van der Waals surface area contributed by atoms with Crippen LogP contribution in [0.2, 0.25) is 0 Å². The molecule has 0 unspecified atom stereocenters. The van der Waals surface area contributed by atoms with Crippen LogP contribution < -0.4 is 15.4 Å². The molecule has 2 N–H and O–H groups in total. The Kier molecular flexibility index (Phi) is 5.99. The minimum absolute atomic E-state index is 0.0247. The third-order valence-electron chi connectivity index (χ3n) is 3.50. The third kappa shape index (κ3) is 5.10. The summed E-state index contributed by atoms with van der Waals surface area (Å²) in [6.45, 7) is 7.29. The molecule has 128 valence electrons. The van der Waals surface area contributed by atoms with Gasteiger partial charge in [-0.1, -0.05) is 63.2 Å². The minimum atomic E-state index is -0.110. The van der Waals surface area contributed by atoms with Crippen LogP contribution in [0.15, 0.2) is 54.6 Å². The van der Waals surface area contributed by atoms with Gasteiger partial charge in [-0.2, -0.15) is 0 Å². The molecular formula is C20H26N2O2. The van der Waals surface area contributed by atoms with E-state index in [2.05, 4.69) is 20.8 Å². The molecule has 0 heterocycles. The summed E-state index contributed by atoms with van der Waals surface area (Å²) in [7, 11) is 0. The van der Waals surface area contributed by atoms with Crippen molar-refractivity contribution in [1.29, 1.82) is 0 Å². The highest BCUT2D eigenvalue weighted by Crippen LogP contribution is 2.31. The van der Waals surface area contributed by atoms with Crippen molar-refractivity contribution in [3.8, 4) is 5.75 Å². The van der Waals surface area contributed by atoms with E-state index in [-0.39, 0.29) is 17.9 Å². The quantitative estimate of drug-likeness (QED) is 0.882. The molecule has 4 nitrogen and oxygen atoms in total. The van der Waals surface area contributed by atoms with Gasteiger partial charge < -0.3 is 15.4 Å². The number of carbonyl (C=O) groups is 1. The molecule has 0 spiro atoms. The van der Waals surface area contributed by atoms with Crippen molar-refractivity contribution in [3.63, 3.8) is 0 Å². The molecule has 2 aromatic rings. The average Bonchev–Trinajstić information content (AvgIpc) is 2.57. The molecule has 0 bridgehead atoms. The van der Waals surface area contributed by atoms with Gasteiger partial charge in [-0.3, -0.25) is 4.79 Å². The number of anilines is 1. The Morgan fingerprint density at radius 2 is 1.67 bits per heavy atom. The van der Waals surface area contributed by atoms with Crippen molar-refractivity contribution in [2.24, 2.45) is 11.1 Å². The van der Waals surface area contributed by atoms with Crippen molar-refractivity contribution in [3.05, 3.63) is 60.2 Å². The van der Waals surface area contributed by atoms with Gasteiger partial charge in [-0.15, -0.1) is 0 Å². The largest absolute Gasteiger partial charge is 0.487 e. The fourth-order valence-electron chi connectivity index (χ4n) is 2.43. The second-order valence-corrected chi connectivity index (χ2v) is 6.99. The van der Waals surface area contributed by atoms with Gasteiger partial charge in [-0.05, 0) is 23.1 Å². The zero-order valence-electron chi connectivity index (χ0n) is 14.7. The van der Waals surface area contributed by atoms with E-state index < -0.39 is 0 Å². The standard InChI is InChI=1S/C20H26N2O2/c1-20(2,3)15-22(19(23)13-21)17-11-7-8-12-18(17)24-14-16-9-5-4-6-10-16/h4-12H,13-15,21H2,1-3H3. The summed E-state index contributed by atoms with van der Waals surface area (Å²) < 4.78 is 5.98. The Morgan fingerprint density at radius 3 is 2.29 bits per heavy atom. The molecule has 24 heavy (non-hydrogen) atoms. The van der Waals surface area contributed by atoms with Crippen LogP contribution >= 0.6 is 0 Å². The Bertz CT molecular complexity index is 663. The summed E-state index contributed by atoms with van der Waals surface area (Å²) in [6.07, 6.45) is 0. The van der Waals surface area contributed by atoms with Crippen LogP contribution in [0.25, 0.3) is 0 Å². The Morgan fingerprint density at radius 1 is 1.04 bits per heavy atom. The summed E-state index contributed by atoms with van der Waals surface area (Å²) in [4.78, 5) is 14.1. The van der Waals surface area contributed by atoms with E-state index in [1.165, 1.54) is 0 Å². The number of benzene rings is 2. The van der Waals surface area contributed by atoms with E-state index >= 15 is 0 Å². The number of nitrogens with zero attached hydrogens (tertiary/aromatic N) is 1. The molecule has 0 saturated heterocycles. The predicted molar refractivity (Wildman–Crippen MR) is 98.1 cm³/mol. The normalized spacial score (nSPS) is 11.2. The first kappa shape index (κ1) is 18.0. The van der Waals surface area contributed by atoms with Gasteiger partial charge in [0.15, 0.2) is 0 Å². The van der Waals surface area contributed by atoms with Crippen LogP contribution in [0.1, 0.15) is 26.3 Å². The van der Waals surface area contributed by atoms with Crippen LogP contribution in [-0.2, 0) is 11.4 Å². The number of amides is 1. The molecule has 0 aliphatic rings. The predicted octanol–water partition coefficient (Wildman–Crippen LogP) is 3.60. The summed E-state index contributed by atoms with van der Waals surface area (Å²) in [6, 6.07) is 17.6. The van der Waals surface area contributed by atoms with Crippen molar-refractivity contribution in [2.75, 3.05) is 18.0 Å². The lowest BCUT2D eigenvalue weighted by Gasteiger charge is -2.31. The number of hydrogen-bond acceptors (Lipinski definition) is 3. The molecule has 0 radical (unpaired) electrons. The Labute approximate surface area is 144 Å². The summed E-state index contributed by atoms with van der Waals surface area (Å²) in [5.74, 6) is 0.577. The first-order valence-electron chi connectivity index (χ1n) is 8.17. The van der Waals surface area contributed by atoms with Crippen LogP contribution in [0, 0.1) is 5.41 Å². The molecular weight excluding hydrogens is 300 g/mol. The second kappa shape index (κ2) is 7.97. The van der Waals surface area contributed by atoms with E-state index in [1.807, 2.05) is 54.6 Å². The Hall–Kier alpha value is -2.33. The smallest absolute Gasteiger partial charge is 0.240 e. The highest BCUT2D eigenvalue weighted by molar-refractivity contribution is 5.96. The van der Waals surface area contributed by atoms with Gasteiger partial charge >= 0.3 is 0 Å². The summed E-state index contributed by atoms with van der Waals surface area (Å²) >= 11 is 0. The Balaban J connectivity index is 2.25. The second-order valence-electron chi connectivity index (χ2n) is 6.99. The van der Waals surface area contributed by atoms with Gasteiger partial charge in [0.05, 0.1) is 12.2 Å². The fraction of sp³-hybridized carbons (Fsp3) is 0.350. The van der Waals surface area contributed by atoms with Gasteiger partial charge in [0, 0.05) is 6.54 Å². The van der Waals surface area contributed by atoms with Gasteiger partial charge in [-0.25, -0.2) is 0 Å². The first-order valence-corrected chi connectivity index (χ1v) is 8.17. The number of nitrogens with two attached hydrogens (primary N) is 1. The number of ether oxygens (including phenoxy) is 1. The van der Waals surface area contributed by atoms with Gasteiger partial charge in [0.2, 0.25) is 5.91 Å². The van der Waals surface area contributed by atoms with Crippen molar-refractivity contribution in [2.45, 2.75) is 27.4 Å². The van der Waals surface area contributed by atoms with Crippen molar-refractivity contribution in [1.82, 2.24) is 0 Å². The number of rotatable bonds is 6. The average molecular weight is 326 g/mol. The number of hydrogen-bond donors (Lipinski definition) is 1. The fourth-order valence-corrected chi connectivity index (χ4v) is 2.43. The van der Waals surface area contributed by atoms with Gasteiger partial charge in [0.1, 0.15) is 12.4 Å². The lowest BCUT2D eigenvalue weighted by Crippen LogP contribution is -2.41. The molecule has 0 aliphatic carbocycles. The van der Waals surface area contributed by atoms with E-state index in [0.29, 0.717) is 18.9 Å². The molecule has 0 fully saturated rings. The maximum atomic E-state index is 12.4. The van der Waals surface area contributed by atoms with E-state index in [9.17, 15) is 4.79 Å². The number of para-hydroxylation sites is 2. The molecule has 0 aromatic heterocycles. The van der Waals surface area contributed by atoms with Gasteiger partial charge in [0.25, 0.3) is 0 Å². The lowest BCUT2D eigenvalue weighted by molar-refractivity contribution is -0.117. The van der Waals surface area contributed by atoms with Crippen molar-refractivity contribution < 1.29 is 9.53 Å². The molecule has 2 aromatic carbocycles. The summed E-state index contributed by atoms with van der Waals surface area (Å²) in [5.41, 5.74) is 7.41. The SMILES string of the molecule is CC(C)(C)CN(C(=O)CN)c1ccccc1OCc1ccccc1. The highest BCUT2D eigenvalue weighted by Gasteiger charge is 2.24. The van der Waals surface area contributed by atoms with Crippen LogP contribution in [0.3, 0.4) is 0 Å². The highest BCUT2D eigenvalue weighted by atomic mass is 16.5. The lowest BCUT2D eigenvalue weighted by atomic mass is 9.95. The molecule has 0 atom stereocenters. The summed E-state index contributed by atoms with van der Waals surface area (Å²) in [5, 5.41) is 0. The molecule has 0 saturated carbocycles. The molecule has 0 aliphatic heterocycles. The van der Waals surface area contributed by atoms with E-state index in [0.717, 1.165) is 11.3 Å². The first-order chi connectivity index (χ1) is 11.4. The maximum Gasteiger partial charge on any atom is 0.240 e. The zero-order chi connectivity index (χ0) is 17.6. The zero-order valence-corrected chi connectivity index (χ0v) is 14.7. The van der Waals surface area contributed by atoms with Crippen LogP contribution in [0.4, 0.5) is 5.69 Å². The third-order valence-corrected chi connectivity index (χ3v) is 3.50. The molecule has 4 heteroatoms. The number of carbonyl (C=O) groups excluding carboxylic acids is 1. The van der Waals surface area contributed by atoms with E-state index in [1.54, 1.807) is 4.90 Å². The maximum absolute atomic E-state index is 12.4. The van der Waals surface area contributed by atoms with E-state index in [4.69, 9.17) is 10.5 Å². The minimum Gasteiger partial charge on any atom is -0.487 e. The molecule has 2 rings (SSSR count). The molecule has 1 amide bonds. The monoisotopic (exact) mass is 326 g/mol. The van der Waals surface area contributed by atoms with Crippen molar-refractivity contribution >= 4 is 11.6 Å².